The summed E-state index contributed by atoms with van der Waals surface area (Å²) >= 11 is -1.93. The Balaban J connectivity index is 2.60. The molecule has 0 spiro atoms. The van der Waals surface area contributed by atoms with E-state index in [-0.39, 0.29) is 5.25 Å². The highest BCUT2D eigenvalue weighted by atomic mass is 32.2. The third-order valence-electron chi connectivity index (χ3n) is 4.07. The summed E-state index contributed by atoms with van der Waals surface area (Å²) in [5, 5.41) is -0.168. The van der Waals surface area contributed by atoms with Crippen molar-refractivity contribution < 1.29 is 8.76 Å². The largest absolute Gasteiger partial charge is 0.772 e. The van der Waals surface area contributed by atoms with Crippen molar-refractivity contribution in [2.45, 2.75) is 77.0 Å². The van der Waals surface area contributed by atoms with Gasteiger partial charge >= 0.3 is 0 Å². The third-order valence-corrected chi connectivity index (χ3v) is 5.00. The summed E-state index contributed by atoms with van der Waals surface area (Å²) in [4.78, 5) is 2.53. The Kier molecular flexibility index (Phi) is 8.19. The molecule has 1 rings (SSSR count). The summed E-state index contributed by atoms with van der Waals surface area (Å²) < 4.78 is 22.9. The molecule has 0 saturated carbocycles. The predicted octanol–water partition coefficient (Wildman–Crippen LogP) is 3.32. The minimum absolute atomic E-state index is 0.168. The molecule has 3 atom stereocenters. The molecule has 114 valence electrons. The lowest BCUT2D eigenvalue weighted by Crippen LogP contribution is -2.41. The van der Waals surface area contributed by atoms with Crippen LogP contribution in [0.5, 0.6) is 0 Å². The van der Waals surface area contributed by atoms with Crippen LogP contribution < -0.4 is 0 Å². The third kappa shape index (κ3) is 6.37. The van der Waals surface area contributed by atoms with Crippen molar-refractivity contribution in [3.63, 3.8) is 0 Å². The molecular weight excluding hydrogens is 258 g/mol. The highest BCUT2D eigenvalue weighted by molar-refractivity contribution is 7.79. The summed E-state index contributed by atoms with van der Waals surface area (Å²) in [6, 6.07) is 0.465. The minimum Gasteiger partial charge on any atom is -0.772 e. The molecule has 1 saturated heterocycles. The van der Waals surface area contributed by atoms with Gasteiger partial charge in [0.25, 0.3) is 0 Å². The number of rotatable bonds is 8. The molecule has 1 fully saturated rings. The molecule has 0 N–H and O–H groups in total. The van der Waals surface area contributed by atoms with Crippen LogP contribution in [-0.4, -0.2) is 38.0 Å². The van der Waals surface area contributed by atoms with Gasteiger partial charge in [-0.1, -0.05) is 44.7 Å². The summed E-state index contributed by atoms with van der Waals surface area (Å²) in [6.45, 7) is 8.73. The number of nitrogens with zero attached hydrogens (tertiary/aromatic N) is 1. The van der Waals surface area contributed by atoms with E-state index in [2.05, 4.69) is 25.7 Å². The van der Waals surface area contributed by atoms with Crippen LogP contribution in [0.15, 0.2) is 0 Å². The molecule has 0 radical (unpaired) electrons. The highest BCUT2D eigenvalue weighted by Crippen LogP contribution is 2.23. The van der Waals surface area contributed by atoms with Crippen molar-refractivity contribution in [2.75, 3.05) is 13.1 Å². The van der Waals surface area contributed by atoms with Gasteiger partial charge in [-0.2, -0.15) is 0 Å². The van der Waals surface area contributed by atoms with E-state index < -0.39 is 11.1 Å². The molecule has 3 nitrogen and oxygen atoms in total. The molecule has 1 heterocycles. The van der Waals surface area contributed by atoms with Gasteiger partial charge < -0.3 is 9.45 Å². The quantitative estimate of drug-likeness (QED) is 0.643. The van der Waals surface area contributed by atoms with Crippen LogP contribution in [-0.2, 0) is 11.1 Å². The van der Waals surface area contributed by atoms with E-state index in [9.17, 15) is 8.76 Å². The van der Waals surface area contributed by atoms with Crippen LogP contribution in [0.25, 0.3) is 0 Å². The Morgan fingerprint density at radius 2 is 1.79 bits per heavy atom. The van der Waals surface area contributed by atoms with Gasteiger partial charge in [0.1, 0.15) is 0 Å². The van der Waals surface area contributed by atoms with Crippen molar-refractivity contribution in [3.8, 4) is 0 Å². The second-order valence-electron chi connectivity index (χ2n) is 6.29. The van der Waals surface area contributed by atoms with E-state index in [0.717, 1.165) is 38.8 Å². The maximum atomic E-state index is 11.4. The smallest absolute Gasteiger partial charge is 0.0233 e. The molecule has 4 heteroatoms. The molecule has 1 aliphatic rings. The molecule has 0 aliphatic carbocycles. The Labute approximate surface area is 121 Å². The molecule has 1 aliphatic heterocycles. The van der Waals surface area contributed by atoms with E-state index in [0.29, 0.717) is 12.0 Å². The summed E-state index contributed by atoms with van der Waals surface area (Å²) in [6.07, 6.45) is 7.77. The highest BCUT2D eigenvalue weighted by Gasteiger charge is 2.24. The van der Waals surface area contributed by atoms with Crippen molar-refractivity contribution in [2.24, 2.45) is 5.92 Å². The van der Waals surface area contributed by atoms with Gasteiger partial charge in [0.05, 0.1) is 0 Å². The van der Waals surface area contributed by atoms with E-state index >= 15 is 0 Å². The standard InChI is InChI=1S/C15H31NO2S/c1-4-8-14(16-9-6-5-7-10-16)12-15(19(17)18)11-13(2)3/h13-15H,4-12H2,1-3H3,(H,17,18)/p-1. The number of hydrogen-bond acceptors (Lipinski definition) is 3. The number of likely N-dealkylation sites (tertiary alicyclic amines) is 1. The number of piperidine rings is 1. The van der Waals surface area contributed by atoms with Crippen molar-refractivity contribution >= 4 is 11.1 Å². The average molecular weight is 288 g/mol. The van der Waals surface area contributed by atoms with Crippen molar-refractivity contribution in [3.05, 3.63) is 0 Å². The molecule has 0 amide bonds. The van der Waals surface area contributed by atoms with Gasteiger partial charge in [0, 0.05) is 11.3 Å². The fraction of sp³-hybridized carbons (Fsp3) is 1.00. The zero-order chi connectivity index (χ0) is 14.3. The topological polar surface area (TPSA) is 43.4 Å². The van der Waals surface area contributed by atoms with E-state index in [1.165, 1.54) is 19.3 Å². The van der Waals surface area contributed by atoms with Crippen LogP contribution in [0.3, 0.4) is 0 Å². The molecule has 19 heavy (non-hydrogen) atoms. The lowest BCUT2D eigenvalue weighted by atomic mass is 9.97. The van der Waals surface area contributed by atoms with Crippen LogP contribution in [0.4, 0.5) is 0 Å². The van der Waals surface area contributed by atoms with Crippen LogP contribution in [0, 0.1) is 5.92 Å². The molecule has 0 bridgehead atoms. The zero-order valence-corrected chi connectivity index (χ0v) is 13.6. The Morgan fingerprint density at radius 1 is 1.16 bits per heavy atom. The molecule has 3 unspecified atom stereocenters. The second-order valence-corrected chi connectivity index (χ2v) is 7.47. The first-order valence-electron chi connectivity index (χ1n) is 7.86. The Morgan fingerprint density at radius 3 is 2.26 bits per heavy atom. The van der Waals surface area contributed by atoms with Gasteiger partial charge in [-0.3, -0.25) is 4.21 Å². The average Bonchev–Trinajstić information content (AvgIpc) is 2.37. The predicted molar refractivity (Wildman–Crippen MR) is 80.9 cm³/mol. The summed E-state index contributed by atoms with van der Waals surface area (Å²) in [7, 11) is 0. The van der Waals surface area contributed by atoms with Gasteiger partial charge in [-0.25, -0.2) is 0 Å². The van der Waals surface area contributed by atoms with E-state index in [4.69, 9.17) is 0 Å². The second kappa shape index (κ2) is 9.09. The first-order valence-corrected chi connectivity index (χ1v) is 9.00. The summed E-state index contributed by atoms with van der Waals surface area (Å²) in [5.74, 6) is 0.450. The SMILES string of the molecule is CCCC(CC(CC(C)C)S(=O)[O-])N1CCCCC1. The Bertz CT molecular complexity index is 265. The molecule has 0 aromatic rings. The lowest BCUT2D eigenvalue weighted by Gasteiger charge is -2.37. The fourth-order valence-corrected chi connectivity index (χ4v) is 4.07. The number of hydrogen-bond donors (Lipinski definition) is 0. The van der Waals surface area contributed by atoms with E-state index in [1.807, 2.05) is 0 Å². The van der Waals surface area contributed by atoms with Crippen molar-refractivity contribution in [1.82, 2.24) is 4.90 Å². The van der Waals surface area contributed by atoms with Gasteiger partial charge in [-0.15, -0.1) is 0 Å². The van der Waals surface area contributed by atoms with Gasteiger partial charge in [-0.05, 0) is 51.1 Å². The maximum Gasteiger partial charge on any atom is 0.0233 e. The molecule has 0 aromatic carbocycles. The van der Waals surface area contributed by atoms with Gasteiger partial charge in [0.2, 0.25) is 0 Å². The van der Waals surface area contributed by atoms with E-state index in [1.54, 1.807) is 0 Å². The van der Waals surface area contributed by atoms with Crippen LogP contribution in [0.2, 0.25) is 0 Å². The molecular formula is C15H30NO2S-. The minimum atomic E-state index is -1.93. The lowest BCUT2D eigenvalue weighted by molar-refractivity contribution is 0.144. The first kappa shape index (κ1) is 17.1. The maximum absolute atomic E-state index is 11.4. The normalized spacial score (nSPS) is 22.4. The zero-order valence-electron chi connectivity index (χ0n) is 12.8. The van der Waals surface area contributed by atoms with Crippen LogP contribution >= 0.6 is 0 Å². The first-order chi connectivity index (χ1) is 9.04. The van der Waals surface area contributed by atoms with Crippen molar-refractivity contribution in [1.29, 1.82) is 0 Å². The van der Waals surface area contributed by atoms with Gasteiger partial charge in [0.15, 0.2) is 0 Å². The fourth-order valence-electron chi connectivity index (χ4n) is 3.15. The molecule has 0 aromatic heterocycles. The monoisotopic (exact) mass is 288 g/mol. The van der Waals surface area contributed by atoms with Crippen LogP contribution in [0.1, 0.15) is 65.7 Å². The summed E-state index contributed by atoms with van der Waals surface area (Å²) in [5.41, 5.74) is 0. The Hall–Kier alpha value is 0.0700.